The van der Waals surface area contributed by atoms with Crippen molar-refractivity contribution < 1.29 is 4.79 Å². The van der Waals surface area contributed by atoms with Gasteiger partial charge in [0.1, 0.15) is 0 Å². The standard InChI is InChI=1S/C13H12O.2C3H6/c1-3-8-11(4-2)13(14)12-9-6-5-7-10-12;2*1-3-2/h3-10H,1-2H2;2*3H,1H2,2H3/b11-8+;;. The fraction of sp³-hybridized carbons (Fsp3) is 0.105. The predicted molar refractivity (Wildman–Crippen MR) is 91.0 cm³/mol. The first-order valence-corrected chi connectivity index (χ1v) is 6.31. The summed E-state index contributed by atoms with van der Waals surface area (Å²) >= 11 is 0. The molecule has 0 fully saturated rings. The summed E-state index contributed by atoms with van der Waals surface area (Å²) in [4.78, 5) is 11.8. The quantitative estimate of drug-likeness (QED) is 0.303. The number of carbonyl (C=O) groups is 1. The molecule has 0 radical (unpaired) electrons. The van der Waals surface area contributed by atoms with Gasteiger partial charge in [-0.1, -0.05) is 73.9 Å². The minimum Gasteiger partial charge on any atom is -0.289 e. The van der Waals surface area contributed by atoms with Crippen LogP contribution in [0.4, 0.5) is 0 Å². The fourth-order valence-electron chi connectivity index (χ4n) is 1.12. The Balaban J connectivity index is 0. The Labute approximate surface area is 123 Å². The Morgan fingerprint density at radius 3 is 1.75 bits per heavy atom. The zero-order chi connectivity index (χ0) is 15.8. The van der Waals surface area contributed by atoms with Crippen LogP contribution in [0.25, 0.3) is 0 Å². The highest BCUT2D eigenvalue weighted by molar-refractivity contribution is 6.10. The van der Waals surface area contributed by atoms with Crippen LogP contribution in [-0.4, -0.2) is 5.78 Å². The lowest BCUT2D eigenvalue weighted by atomic mass is 10.0. The number of carbonyl (C=O) groups excluding carboxylic acids is 1. The van der Waals surface area contributed by atoms with Crippen LogP contribution in [0.2, 0.25) is 0 Å². The summed E-state index contributed by atoms with van der Waals surface area (Å²) in [6.45, 7) is 17.6. The zero-order valence-corrected chi connectivity index (χ0v) is 12.5. The van der Waals surface area contributed by atoms with E-state index in [2.05, 4.69) is 26.3 Å². The van der Waals surface area contributed by atoms with Crippen LogP contribution in [-0.2, 0) is 0 Å². The Morgan fingerprint density at radius 1 is 0.950 bits per heavy atom. The van der Waals surface area contributed by atoms with Crippen molar-refractivity contribution in [2.45, 2.75) is 13.8 Å². The highest BCUT2D eigenvalue weighted by atomic mass is 16.1. The number of rotatable bonds is 4. The summed E-state index contributed by atoms with van der Waals surface area (Å²) in [6.07, 6.45) is 8.28. The monoisotopic (exact) mass is 268 g/mol. The van der Waals surface area contributed by atoms with Crippen LogP contribution in [0.15, 0.2) is 92.6 Å². The molecule has 106 valence electrons. The van der Waals surface area contributed by atoms with E-state index in [1.807, 2.05) is 32.0 Å². The number of allylic oxidation sites excluding steroid dienone is 6. The minimum atomic E-state index is -0.0273. The Kier molecular flexibility index (Phi) is 14.6. The van der Waals surface area contributed by atoms with Gasteiger partial charge >= 0.3 is 0 Å². The number of benzene rings is 1. The third-order valence-electron chi connectivity index (χ3n) is 1.82. The molecule has 0 saturated heterocycles. The summed E-state index contributed by atoms with van der Waals surface area (Å²) in [5.74, 6) is -0.0273. The second kappa shape index (κ2) is 14.7. The molecule has 20 heavy (non-hydrogen) atoms. The van der Waals surface area contributed by atoms with Gasteiger partial charge in [-0.25, -0.2) is 0 Å². The molecular weight excluding hydrogens is 244 g/mol. The van der Waals surface area contributed by atoms with Crippen molar-refractivity contribution in [3.8, 4) is 0 Å². The predicted octanol–water partition coefficient (Wildman–Crippen LogP) is 5.55. The maximum absolute atomic E-state index is 11.8. The first-order chi connectivity index (χ1) is 9.62. The number of ketones is 1. The molecular formula is C19H24O. The lowest BCUT2D eigenvalue weighted by Crippen LogP contribution is -2.00. The van der Waals surface area contributed by atoms with Crippen molar-refractivity contribution >= 4 is 5.78 Å². The summed E-state index contributed by atoms with van der Waals surface area (Å²) in [5.41, 5.74) is 1.23. The van der Waals surface area contributed by atoms with Gasteiger partial charge in [-0.05, 0) is 13.8 Å². The molecule has 1 rings (SSSR count). The molecule has 0 aliphatic heterocycles. The molecule has 0 bridgehead atoms. The third kappa shape index (κ3) is 9.60. The van der Waals surface area contributed by atoms with Crippen molar-refractivity contribution in [3.63, 3.8) is 0 Å². The van der Waals surface area contributed by atoms with E-state index in [1.54, 1.807) is 36.4 Å². The first kappa shape index (κ1) is 19.9. The van der Waals surface area contributed by atoms with E-state index in [4.69, 9.17) is 0 Å². The summed E-state index contributed by atoms with van der Waals surface area (Å²) in [5, 5.41) is 0. The molecule has 0 amide bonds. The van der Waals surface area contributed by atoms with Gasteiger partial charge in [0.2, 0.25) is 0 Å². The molecule has 1 aromatic carbocycles. The Morgan fingerprint density at radius 2 is 1.40 bits per heavy atom. The molecule has 1 aromatic rings. The molecule has 0 spiro atoms. The first-order valence-electron chi connectivity index (χ1n) is 6.31. The van der Waals surface area contributed by atoms with Crippen molar-refractivity contribution in [1.82, 2.24) is 0 Å². The average Bonchev–Trinajstić information content (AvgIpc) is 2.47. The van der Waals surface area contributed by atoms with Gasteiger partial charge in [-0.15, -0.1) is 13.2 Å². The van der Waals surface area contributed by atoms with E-state index in [-0.39, 0.29) is 5.78 Å². The molecule has 1 nitrogen and oxygen atoms in total. The van der Waals surface area contributed by atoms with Crippen LogP contribution >= 0.6 is 0 Å². The van der Waals surface area contributed by atoms with E-state index < -0.39 is 0 Å². The maximum Gasteiger partial charge on any atom is 0.192 e. The zero-order valence-electron chi connectivity index (χ0n) is 12.5. The van der Waals surface area contributed by atoms with E-state index in [0.717, 1.165) is 0 Å². The van der Waals surface area contributed by atoms with Gasteiger partial charge in [0.05, 0.1) is 0 Å². The molecule has 0 aromatic heterocycles. The SMILES string of the molecule is C=C/C=C(\C=C)C(=O)c1ccccc1.C=CC.C=CC. The van der Waals surface area contributed by atoms with Crippen LogP contribution in [0.5, 0.6) is 0 Å². The number of hydrogen-bond acceptors (Lipinski definition) is 1. The highest BCUT2D eigenvalue weighted by Gasteiger charge is 2.06. The Hall–Kier alpha value is -2.41. The summed E-state index contributed by atoms with van der Waals surface area (Å²) in [7, 11) is 0. The maximum atomic E-state index is 11.8. The smallest absolute Gasteiger partial charge is 0.192 e. The minimum absolute atomic E-state index is 0.0273. The molecule has 0 heterocycles. The lowest BCUT2D eigenvalue weighted by molar-refractivity contribution is 0.103. The van der Waals surface area contributed by atoms with Gasteiger partial charge in [0, 0.05) is 11.1 Å². The van der Waals surface area contributed by atoms with Crippen LogP contribution in [0.1, 0.15) is 24.2 Å². The van der Waals surface area contributed by atoms with Crippen molar-refractivity contribution in [3.05, 3.63) is 98.2 Å². The normalized spacial score (nSPS) is 8.80. The van der Waals surface area contributed by atoms with Crippen LogP contribution in [0.3, 0.4) is 0 Å². The molecule has 1 heteroatoms. The van der Waals surface area contributed by atoms with Gasteiger partial charge in [0.25, 0.3) is 0 Å². The van der Waals surface area contributed by atoms with Gasteiger partial charge in [0.15, 0.2) is 5.78 Å². The van der Waals surface area contributed by atoms with Gasteiger partial charge < -0.3 is 0 Å². The molecule has 0 saturated carbocycles. The molecule has 0 aliphatic carbocycles. The average molecular weight is 268 g/mol. The molecule has 0 unspecified atom stereocenters. The van der Waals surface area contributed by atoms with E-state index in [0.29, 0.717) is 11.1 Å². The second-order valence-electron chi connectivity index (χ2n) is 3.57. The van der Waals surface area contributed by atoms with Crippen molar-refractivity contribution in [2.24, 2.45) is 0 Å². The Bertz CT molecular complexity index is 444. The second-order valence-corrected chi connectivity index (χ2v) is 3.57. The lowest BCUT2D eigenvalue weighted by Gasteiger charge is -1.99. The third-order valence-corrected chi connectivity index (χ3v) is 1.82. The topological polar surface area (TPSA) is 17.1 Å². The molecule has 0 aliphatic rings. The van der Waals surface area contributed by atoms with Crippen LogP contribution in [0, 0.1) is 0 Å². The van der Waals surface area contributed by atoms with Crippen molar-refractivity contribution in [2.75, 3.05) is 0 Å². The van der Waals surface area contributed by atoms with Gasteiger partial charge in [-0.3, -0.25) is 4.79 Å². The molecule has 0 atom stereocenters. The van der Waals surface area contributed by atoms with Crippen molar-refractivity contribution in [1.29, 1.82) is 0 Å². The van der Waals surface area contributed by atoms with E-state index >= 15 is 0 Å². The summed E-state index contributed by atoms with van der Waals surface area (Å²) in [6, 6.07) is 9.11. The number of hydrogen-bond donors (Lipinski definition) is 0. The number of Topliss-reactive ketones (excluding diaryl/α,β-unsaturated/α-hetero) is 1. The summed E-state index contributed by atoms with van der Waals surface area (Å²) < 4.78 is 0. The van der Waals surface area contributed by atoms with E-state index in [1.165, 1.54) is 6.08 Å². The highest BCUT2D eigenvalue weighted by Crippen LogP contribution is 2.08. The van der Waals surface area contributed by atoms with Gasteiger partial charge in [-0.2, -0.15) is 0 Å². The fourth-order valence-corrected chi connectivity index (χ4v) is 1.12. The molecule has 0 N–H and O–H groups in total. The van der Waals surface area contributed by atoms with E-state index in [9.17, 15) is 4.79 Å². The largest absolute Gasteiger partial charge is 0.289 e. The van der Waals surface area contributed by atoms with Crippen LogP contribution < -0.4 is 0 Å².